The van der Waals surface area contributed by atoms with Crippen molar-refractivity contribution >= 4 is 80.3 Å². The third kappa shape index (κ3) is 2.31. The molecule has 2 aromatic carbocycles. The van der Waals surface area contributed by atoms with Crippen LogP contribution in [0.4, 0.5) is 5.69 Å². The zero-order valence-electron chi connectivity index (χ0n) is 12.5. The number of halogens is 4. The van der Waals surface area contributed by atoms with E-state index in [1.54, 1.807) is 7.11 Å². The van der Waals surface area contributed by atoms with Gasteiger partial charge in [-0.3, -0.25) is 0 Å². The average molecular weight is 580 g/mol. The predicted octanol–water partition coefficient (Wildman–Crippen LogP) is 6.49. The number of aromatic amines is 1. The number of hydrogen-bond acceptors (Lipinski definition) is 2. The molecule has 3 nitrogen and oxygen atoms in total. The van der Waals surface area contributed by atoms with Crippen molar-refractivity contribution in [3.8, 4) is 5.75 Å². The highest BCUT2D eigenvalue weighted by atomic mass is 79.9. The highest BCUT2D eigenvalue weighted by Crippen LogP contribution is 2.56. The molecule has 0 fully saturated rings. The Morgan fingerprint density at radius 2 is 1.96 bits per heavy atom. The molecule has 0 bridgehead atoms. The molecule has 7 heteroatoms. The van der Waals surface area contributed by atoms with Crippen molar-refractivity contribution in [1.82, 2.24) is 4.98 Å². The average Bonchev–Trinajstić information content (AvgIpc) is 3.12. The van der Waals surface area contributed by atoms with Gasteiger partial charge in [0.25, 0.3) is 0 Å². The van der Waals surface area contributed by atoms with E-state index in [9.17, 15) is 0 Å². The molecular formula is C17H12Br4N2O. The van der Waals surface area contributed by atoms with Crippen molar-refractivity contribution in [3.63, 3.8) is 0 Å². The normalized spacial score (nSPS) is 22.5. The SMILES string of the molecule is COc1cc(Br)c(C2(Br)c3cc(Br)ccc3NC2Br)c2cc[nH]c12. The summed E-state index contributed by atoms with van der Waals surface area (Å²) in [7, 11) is 1.68. The molecular weight excluding hydrogens is 568 g/mol. The first kappa shape index (κ1) is 16.9. The number of ether oxygens (including phenoxy) is 1. The molecule has 24 heavy (non-hydrogen) atoms. The van der Waals surface area contributed by atoms with Gasteiger partial charge in [-0.25, -0.2) is 0 Å². The summed E-state index contributed by atoms with van der Waals surface area (Å²) in [5.41, 5.74) is 4.40. The molecule has 3 aromatic rings. The van der Waals surface area contributed by atoms with Crippen molar-refractivity contribution < 1.29 is 4.74 Å². The van der Waals surface area contributed by atoms with E-state index >= 15 is 0 Å². The summed E-state index contributed by atoms with van der Waals surface area (Å²) < 4.78 is 7.12. The highest BCUT2D eigenvalue weighted by Gasteiger charge is 2.47. The topological polar surface area (TPSA) is 37.0 Å². The van der Waals surface area contributed by atoms with Gasteiger partial charge in [-0.15, -0.1) is 0 Å². The number of hydrogen-bond donors (Lipinski definition) is 2. The van der Waals surface area contributed by atoms with Gasteiger partial charge in [-0.05, 0) is 30.3 Å². The third-order valence-electron chi connectivity index (χ3n) is 4.35. The van der Waals surface area contributed by atoms with Crippen LogP contribution in [0.5, 0.6) is 5.75 Å². The number of alkyl halides is 2. The van der Waals surface area contributed by atoms with Crippen molar-refractivity contribution in [1.29, 1.82) is 0 Å². The largest absolute Gasteiger partial charge is 0.495 e. The molecule has 4 rings (SSSR count). The first-order valence-electron chi connectivity index (χ1n) is 7.20. The number of aromatic nitrogens is 1. The summed E-state index contributed by atoms with van der Waals surface area (Å²) in [6, 6.07) is 10.4. The molecule has 1 aliphatic rings. The van der Waals surface area contributed by atoms with Crippen LogP contribution in [-0.4, -0.2) is 17.0 Å². The molecule has 0 aliphatic carbocycles. The van der Waals surface area contributed by atoms with Gasteiger partial charge in [-0.1, -0.05) is 63.7 Å². The smallest absolute Gasteiger partial charge is 0.144 e. The predicted molar refractivity (Wildman–Crippen MR) is 113 cm³/mol. The maximum Gasteiger partial charge on any atom is 0.144 e. The van der Waals surface area contributed by atoms with Gasteiger partial charge in [0.1, 0.15) is 15.0 Å². The van der Waals surface area contributed by atoms with E-state index in [1.807, 2.05) is 18.3 Å². The van der Waals surface area contributed by atoms with Crippen LogP contribution in [0.3, 0.4) is 0 Å². The molecule has 2 heterocycles. The monoisotopic (exact) mass is 576 g/mol. The Kier molecular flexibility index (Phi) is 4.26. The lowest BCUT2D eigenvalue weighted by atomic mass is 9.90. The van der Waals surface area contributed by atoms with Crippen LogP contribution < -0.4 is 10.1 Å². The fourth-order valence-electron chi connectivity index (χ4n) is 3.28. The van der Waals surface area contributed by atoms with Gasteiger partial charge in [0.15, 0.2) is 0 Å². The quantitative estimate of drug-likeness (QED) is 0.269. The fraction of sp³-hybridized carbons (Fsp3) is 0.176. The molecule has 0 saturated heterocycles. The second-order valence-corrected chi connectivity index (χ2v) is 9.55. The molecule has 1 aliphatic heterocycles. The summed E-state index contributed by atoms with van der Waals surface area (Å²) >= 11 is 15.2. The molecule has 2 N–H and O–H groups in total. The van der Waals surface area contributed by atoms with E-state index in [2.05, 4.69) is 92.2 Å². The maximum absolute atomic E-state index is 5.52. The molecule has 0 amide bonds. The minimum absolute atomic E-state index is 0.00269. The Morgan fingerprint density at radius 1 is 1.17 bits per heavy atom. The number of rotatable bonds is 2. The van der Waals surface area contributed by atoms with Gasteiger partial charge in [-0.2, -0.15) is 0 Å². The summed E-state index contributed by atoms with van der Waals surface area (Å²) in [6.45, 7) is 0. The first-order chi connectivity index (χ1) is 11.5. The van der Waals surface area contributed by atoms with Crippen molar-refractivity contribution in [3.05, 3.63) is 56.6 Å². The fourth-order valence-corrected chi connectivity index (χ4v) is 6.23. The second kappa shape index (κ2) is 6.04. The lowest BCUT2D eigenvalue weighted by Gasteiger charge is -2.29. The Hall–Kier alpha value is -0.500. The van der Waals surface area contributed by atoms with Gasteiger partial charge < -0.3 is 15.0 Å². The van der Waals surface area contributed by atoms with E-state index in [0.717, 1.165) is 36.8 Å². The summed E-state index contributed by atoms with van der Waals surface area (Å²) in [6.07, 6.45) is 1.94. The van der Waals surface area contributed by atoms with Gasteiger partial charge >= 0.3 is 0 Å². The Bertz CT molecular complexity index is 955. The van der Waals surface area contributed by atoms with Gasteiger partial charge in [0, 0.05) is 37.3 Å². The molecule has 0 spiro atoms. The Morgan fingerprint density at radius 3 is 2.71 bits per heavy atom. The summed E-state index contributed by atoms with van der Waals surface area (Å²) in [4.78, 5) is 3.28. The zero-order valence-corrected chi connectivity index (χ0v) is 18.8. The standard InChI is InChI=1S/C17H12Br4N2O/c1-24-13-7-11(19)14(9-4-5-22-15(9)13)17(21)10-6-8(18)2-3-12(10)23-16(17)20/h2-7,16,22-23H,1H3. The van der Waals surface area contributed by atoms with Crippen LogP contribution in [-0.2, 0) is 4.32 Å². The molecule has 1 aromatic heterocycles. The van der Waals surface area contributed by atoms with E-state index < -0.39 is 4.32 Å². The van der Waals surface area contributed by atoms with Gasteiger partial charge in [0.05, 0.1) is 12.6 Å². The maximum atomic E-state index is 5.52. The van der Waals surface area contributed by atoms with Crippen LogP contribution in [0.1, 0.15) is 11.1 Å². The van der Waals surface area contributed by atoms with Crippen LogP contribution in [0, 0.1) is 0 Å². The summed E-state index contributed by atoms with van der Waals surface area (Å²) in [5, 5.41) is 4.62. The second-order valence-electron chi connectivity index (χ2n) is 5.61. The highest BCUT2D eigenvalue weighted by molar-refractivity contribution is 9.12. The summed E-state index contributed by atoms with van der Waals surface area (Å²) in [5.74, 6) is 0.813. The Labute approximate surface area is 173 Å². The van der Waals surface area contributed by atoms with E-state index in [0.29, 0.717) is 0 Å². The zero-order chi connectivity index (χ0) is 17.1. The molecule has 124 valence electrons. The van der Waals surface area contributed by atoms with Crippen LogP contribution in [0.2, 0.25) is 0 Å². The molecule has 0 saturated carbocycles. The van der Waals surface area contributed by atoms with E-state index in [-0.39, 0.29) is 4.95 Å². The van der Waals surface area contributed by atoms with E-state index in [4.69, 9.17) is 4.74 Å². The number of benzene rings is 2. The van der Waals surface area contributed by atoms with Crippen molar-refractivity contribution in [2.45, 2.75) is 9.28 Å². The molecule has 2 atom stereocenters. The lowest BCUT2D eigenvalue weighted by Crippen LogP contribution is -2.30. The number of H-pyrrole nitrogens is 1. The van der Waals surface area contributed by atoms with Crippen molar-refractivity contribution in [2.24, 2.45) is 0 Å². The van der Waals surface area contributed by atoms with Crippen molar-refractivity contribution in [2.75, 3.05) is 12.4 Å². The number of fused-ring (bicyclic) bond motifs is 2. The number of methoxy groups -OCH3 is 1. The number of anilines is 1. The lowest BCUT2D eigenvalue weighted by molar-refractivity contribution is 0.418. The van der Waals surface area contributed by atoms with Crippen LogP contribution >= 0.6 is 63.7 Å². The van der Waals surface area contributed by atoms with Crippen LogP contribution in [0.15, 0.2) is 45.5 Å². The molecule has 0 radical (unpaired) electrons. The van der Waals surface area contributed by atoms with Gasteiger partial charge in [0.2, 0.25) is 0 Å². The molecule has 2 unspecified atom stereocenters. The van der Waals surface area contributed by atoms with E-state index in [1.165, 1.54) is 5.56 Å². The Balaban J connectivity index is 2.07. The third-order valence-corrected chi connectivity index (χ3v) is 8.28. The minimum atomic E-state index is -0.433. The first-order valence-corrected chi connectivity index (χ1v) is 10.5. The number of nitrogens with one attached hydrogen (secondary N) is 2. The minimum Gasteiger partial charge on any atom is -0.495 e. The van der Waals surface area contributed by atoms with Crippen LogP contribution in [0.25, 0.3) is 10.9 Å².